The monoisotopic (exact) mass is 385 g/mol. The molecular weight excluding hydrogens is 362 g/mol. The Morgan fingerprint density at radius 1 is 1.11 bits per heavy atom. The van der Waals surface area contributed by atoms with Crippen LogP contribution in [0.4, 0.5) is 5.95 Å². The third kappa shape index (κ3) is 2.69. The topological polar surface area (TPSA) is 100 Å². The van der Waals surface area contributed by atoms with Gasteiger partial charge in [0.2, 0.25) is 11.7 Å². The number of nitrogens with one attached hydrogen (secondary N) is 1. The average molecular weight is 385 g/mol. The van der Waals surface area contributed by atoms with Crippen LogP contribution in [0, 0.1) is 5.41 Å². The highest BCUT2D eigenvalue weighted by molar-refractivity contribution is 6.00. The van der Waals surface area contributed by atoms with Crippen molar-refractivity contribution in [2.75, 3.05) is 26.6 Å². The zero-order chi connectivity index (χ0) is 20.1. The largest absolute Gasteiger partial charge is 0.493 e. The number of carbonyl (C=O) groups is 1. The Bertz CT molecular complexity index is 979. The molecule has 0 unspecified atom stereocenters. The van der Waals surface area contributed by atoms with Crippen LogP contribution in [0.3, 0.4) is 0 Å². The van der Waals surface area contributed by atoms with Gasteiger partial charge >= 0.3 is 0 Å². The summed E-state index contributed by atoms with van der Waals surface area (Å²) in [6.07, 6.45) is 1.18. The van der Waals surface area contributed by atoms with Crippen LogP contribution >= 0.6 is 0 Å². The lowest BCUT2D eigenvalue weighted by Gasteiger charge is -2.38. The number of hydrogen-bond donors (Lipinski definition) is 1. The first-order valence-corrected chi connectivity index (χ1v) is 9.00. The molecule has 2 aromatic rings. The van der Waals surface area contributed by atoms with Crippen LogP contribution in [0.5, 0.6) is 17.2 Å². The van der Waals surface area contributed by atoms with E-state index in [0.29, 0.717) is 35.2 Å². The first-order chi connectivity index (χ1) is 13.4. The zero-order valence-electron chi connectivity index (χ0n) is 16.6. The van der Waals surface area contributed by atoms with Crippen LogP contribution in [0.1, 0.15) is 38.3 Å². The van der Waals surface area contributed by atoms with E-state index in [1.54, 1.807) is 32.1 Å². The lowest BCUT2D eigenvalue weighted by Crippen LogP contribution is -2.36. The highest BCUT2D eigenvalue weighted by atomic mass is 16.5. The van der Waals surface area contributed by atoms with Crippen molar-refractivity contribution in [3.05, 3.63) is 29.0 Å². The second-order valence-corrected chi connectivity index (χ2v) is 7.73. The first-order valence-electron chi connectivity index (χ1n) is 9.00. The molecule has 1 atom stereocenters. The average Bonchev–Trinajstić information content (AvgIpc) is 3.12. The summed E-state index contributed by atoms with van der Waals surface area (Å²) in [5, 5.41) is 15.2. The van der Waals surface area contributed by atoms with Crippen LogP contribution in [0.2, 0.25) is 0 Å². The minimum atomic E-state index is -0.514. The molecule has 1 aromatic carbocycles. The van der Waals surface area contributed by atoms with Gasteiger partial charge in [-0.3, -0.25) is 4.79 Å². The third-order valence-electron chi connectivity index (χ3n) is 5.22. The maximum atomic E-state index is 13.2. The number of ketones is 1. The Labute approximate surface area is 162 Å². The predicted molar refractivity (Wildman–Crippen MR) is 101 cm³/mol. The SMILES string of the molecule is COc1ccc([C@@H]2C3=C(CC(C)(C)CC3=O)Nc3nnnn32)c(OC)c1OC. The van der Waals surface area contributed by atoms with Gasteiger partial charge in [0.05, 0.1) is 21.3 Å². The molecule has 0 saturated heterocycles. The molecule has 9 heteroatoms. The van der Waals surface area contributed by atoms with E-state index >= 15 is 0 Å². The number of hydrogen-bond acceptors (Lipinski definition) is 8. The quantitative estimate of drug-likeness (QED) is 0.856. The van der Waals surface area contributed by atoms with Crippen molar-refractivity contribution in [2.24, 2.45) is 5.41 Å². The third-order valence-corrected chi connectivity index (χ3v) is 5.22. The number of Topliss-reactive ketones (excluding diaryl/α,β-unsaturated/α-hetero) is 1. The summed E-state index contributed by atoms with van der Waals surface area (Å²) in [5.41, 5.74) is 2.11. The van der Waals surface area contributed by atoms with Crippen LogP contribution < -0.4 is 19.5 Å². The second-order valence-electron chi connectivity index (χ2n) is 7.73. The summed E-state index contributed by atoms with van der Waals surface area (Å²) < 4.78 is 18.2. The van der Waals surface area contributed by atoms with E-state index in [4.69, 9.17) is 14.2 Å². The van der Waals surface area contributed by atoms with E-state index in [2.05, 4.69) is 34.7 Å². The highest BCUT2D eigenvalue weighted by Gasteiger charge is 2.43. The van der Waals surface area contributed by atoms with E-state index in [1.807, 2.05) is 6.07 Å². The zero-order valence-corrected chi connectivity index (χ0v) is 16.6. The molecule has 2 aliphatic rings. The van der Waals surface area contributed by atoms with Crippen molar-refractivity contribution in [1.29, 1.82) is 0 Å². The second kappa shape index (κ2) is 6.50. The number of allylic oxidation sites excluding steroid dienone is 2. The molecule has 0 bridgehead atoms. The number of benzene rings is 1. The van der Waals surface area contributed by atoms with Crippen LogP contribution in [-0.4, -0.2) is 47.3 Å². The van der Waals surface area contributed by atoms with Crippen molar-refractivity contribution in [3.63, 3.8) is 0 Å². The molecule has 0 saturated carbocycles. The summed E-state index contributed by atoms with van der Waals surface area (Å²) >= 11 is 0. The van der Waals surface area contributed by atoms with Gasteiger partial charge in [0.1, 0.15) is 6.04 Å². The van der Waals surface area contributed by atoms with E-state index in [9.17, 15) is 4.79 Å². The molecule has 9 nitrogen and oxygen atoms in total. The molecule has 1 aliphatic heterocycles. The number of fused-ring (bicyclic) bond motifs is 1. The Kier molecular flexibility index (Phi) is 4.24. The van der Waals surface area contributed by atoms with E-state index < -0.39 is 6.04 Å². The first kappa shape index (κ1) is 18.3. The van der Waals surface area contributed by atoms with Gasteiger partial charge in [-0.2, -0.15) is 4.68 Å². The molecule has 28 heavy (non-hydrogen) atoms. The predicted octanol–water partition coefficient (Wildman–Crippen LogP) is 2.36. The summed E-state index contributed by atoms with van der Waals surface area (Å²) in [5.74, 6) is 2.05. The Hall–Kier alpha value is -3.10. The van der Waals surface area contributed by atoms with Gasteiger partial charge in [0, 0.05) is 23.3 Å². The van der Waals surface area contributed by atoms with Crippen molar-refractivity contribution in [1.82, 2.24) is 20.2 Å². The number of methoxy groups -OCH3 is 3. The molecule has 1 N–H and O–H groups in total. The molecule has 2 heterocycles. The van der Waals surface area contributed by atoms with Crippen LogP contribution in [0.15, 0.2) is 23.4 Å². The smallest absolute Gasteiger partial charge is 0.248 e. The summed E-state index contributed by atoms with van der Waals surface area (Å²) in [4.78, 5) is 13.2. The fourth-order valence-corrected chi connectivity index (χ4v) is 4.10. The van der Waals surface area contributed by atoms with Crippen molar-refractivity contribution < 1.29 is 19.0 Å². The van der Waals surface area contributed by atoms with Crippen molar-refractivity contribution in [2.45, 2.75) is 32.7 Å². The van der Waals surface area contributed by atoms with Gasteiger partial charge in [-0.25, -0.2) is 0 Å². The normalized spacial score (nSPS) is 20.2. The number of ether oxygens (including phenoxy) is 3. The number of anilines is 1. The molecular formula is C19H23N5O4. The summed E-state index contributed by atoms with van der Waals surface area (Å²) in [6.45, 7) is 4.17. The molecule has 0 spiro atoms. The van der Waals surface area contributed by atoms with Crippen LogP contribution in [-0.2, 0) is 4.79 Å². The number of aromatic nitrogens is 4. The minimum absolute atomic E-state index is 0.0711. The standard InChI is InChI=1S/C19H23N5O4/c1-19(2)8-11-14(12(25)9-19)15(24-18(20-11)21-22-23-24)10-6-7-13(26-3)17(28-5)16(10)27-4/h6-7,15H,8-9H2,1-5H3,(H,20,21,23)/t15-/m1/s1. The van der Waals surface area contributed by atoms with Gasteiger partial charge in [-0.15, -0.1) is 0 Å². The van der Waals surface area contributed by atoms with Gasteiger partial charge in [-0.1, -0.05) is 18.9 Å². The lowest BCUT2D eigenvalue weighted by atomic mass is 9.73. The fraction of sp³-hybridized carbons (Fsp3) is 0.474. The lowest BCUT2D eigenvalue weighted by molar-refractivity contribution is -0.118. The molecule has 0 radical (unpaired) electrons. The minimum Gasteiger partial charge on any atom is -0.493 e. The molecule has 1 aliphatic carbocycles. The molecule has 0 fully saturated rings. The van der Waals surface area contributed by atoms with Crippen molar-refractivity contribution in [3.8, 4) is 17.2 Å². The summed E-state index contributed by atoms with van der Waals surface area (Å²) in [7, 11) is 4.67. The molecule has 4 rings (SSSR count). The van der Waals surface area contributed by atoms with Gasteiger partial charge in [0.25, 0.3) is 0 Å². The number of nitrogens with zero attached hydrogens (tertiary/aromatic N) is 4. The van der Waals surface area contributed by atoms with Gasteiger partial charge in [-0.05, 0) is 34.4 Å². The van der Waals surface area contributed by atoms with Gasteiger partial charge < -0.3 is 19.5 Å². The van der Waals surface area contributed by atoms with Crippen molar-refractivity contribution >= 4 is 11.7 Å². The molecule has 1 aromatic heterocycles. The summed E-state index contributed by atoms with van der Waals surface area (Å²) in [6, 6.07) is 3.14. The molecule has 148 valence electrons. The van der Waals surface area contributed by atoms with E-state index in [0.717, 1.165) is 17.7 Å². The maximum Gasteiger partial charge on any atom is 0.248 e. The number of rotatable bonds is 4. The van der Waals surface area contributed by atoms with E-state index in [1.165, 1.54) is 0 Å². The Morgan fingerprint density at radius 3 is 2.54 bits per heavy atom. The maximum absolute atomic E-state index is 13.2. The van der Waals surface area contributed by atoms with Gasteiger partial charge in [0.15, 0.2) is 17.3 Å². The Morgan fingerprint density at radius 2 is 1.86 bits per heavy atom. The molecule has 0 amide bonds. The number of carbonyl (C=O) groups excluding carboxylic acids is 1. The number of tetrazole rings is 1. The van der Waals surface area contributed by atoms with E-state index in [-0.39, 0.29) is 11.2 Å². The highest BCUT2D eigenvalue weighted by Crippen LogP contribution is 2.49. The Balaban J connectivity index is 1.96. The van der Waals surface area contributed by atoms with Crippen LogP contribution in [0.25, 0.3) is 0 Å². The fourth-order valence-electron chi connectivity index (χ4n) is 4.10.